The monoisotopic (exact) mass is 330 g/mol. The molecule has 1 heterocycles. The lowest BCUT2D eigenvalue weighted by Crippen LogP contribution is -2.26. The molecule has 2 rings (SSSR count). The molecule has 0 fully saturated rings. The van der Waals surface area contributed by atoms with E-state index in [0.717, 1.165) is 10.9 Å². The van der Waals surface area contributed by atoms with Gasteiger partial charge in [0.2, 0.25) is 10.0 Å². The maximum atomic E-state index is 13.7. The smallest absolute Gasteiger partial charge is 0.241 e. The average Bonchev–Trinajstić information content (AvgIpc) is 2.89. The summed E-state index contributed by atoms with van der Waals surface area (Å²) in [4.78, 5) is 0.308. The molecular weight excluding hydrogens is 319 g/mol. The van der Waals surface area contributed by atoms with E-state index < -0.39 is 15.8 Å². The van der Waals surface area contributed by atoms with Gasteiger partial charge in [-0.15, -0.1) is 11.3 Å². The standard InChI is InChI=1S/C12H11FN2O2S3/c13-9-4-1-5-10(11(9)12(14)18)20(16,17)15-7-8-3-2-6-19-8/h1-6,15H,7H2,(H2,14,18). The van der Waals surface area contributed by atoms with Crippen LogP contribution in [0.4, 0.5) is 4.39 Å². The zero-order valence-corrected chi connectivity index (χ0v) is 12.6. The van der Waals surface area contributed by atoms with E-state index in [1.165, 1.54) is 23.5 Å². The Labute approximate surface area is 125 Å². The van der Waals surface area contributed by atoms with Gasteiger partial charge in [0.05, 0.1) is 10.5 Å². The molecule has 0 bridgehead atoms. The maximum Gasteiger partial charge on any atom is 0.241 e. The quantitative estimate of drug-likeness (QED) is 0.823. The van der Waals surface area contributed by atoms with E-state index in [0.29, 0.717) is 0 Å². The van der Waals surface area contributed by atoms with Crippen molar-refractivity contribution < 1.29 is 12.8 Å². The Morgan fingerprint density at radius 1 is 1.35 bits per heavy atom. The summed E-state index contributed by atoms with van der Waals surface area (Å²) in [6, 6.07) is 7.31. The Bertz CT molecular complexity index is 727. The minimum atomic E-state index is -3.89. The lowest BCUT2D eigenvalue weighted by Gasteiger charge is -2.10. The van der Waals surface area contributed by atoms with Gasteiger partial charge >= 0.3 is 0 Å². The van der Waals surface area contributed by atoms with Gasteiger partial charge in [-0.2, -0.15) is 0 Å². The van der Waals surface area contributed by atoms with Gasteiger partial charge in [-0.25, -0.2) is 17.5 Å². The molecule has 1 aromatic carbocycles. The van der Waals surface area contributed by atoms with Gasteiger partial charge in [0.1, 0.15) is 10.8 Å². The predicted molar refractivity (Wildman–Crippen MR) is 80.6 cm³/mol. The first-order valence-electron chi connectivity index (χ1n) is 5.52. The van der Waals surface area contributed by atoms with Crippen molar-refractivity contribution in [3.63, 3.8) is 0 Å². The van der Waals surface area contributed by atoms with Gasteiger partial charge in [-0.3, -0.25) is 0 Å². The summed E-state index contributed by atoms with van der Waals surface area (Å²) in [6.45, 7) is 0.132. The highest BCUT2D eigenvalue weighted by Gasteiger charge is 2.22. The van der Waals surface area contributed by atoms with Crippen molar-refractivity contribution in [2.75, 3.05) is 0 Å². The number of hydrogen-bond acceptors (Lipinski definition) is 4. The predicted octanol–water partition coefficient (Wildman–Crippen LogP) is 2.00. The molecule has 0 saturated heterocycles. The number of thiocarbonyl (C=S) groups is 1. The zero-order chi connectivity index (χ0) is 14.8. The second-order valence-electron chi connectivity index (χ2n) is 3.88. The second-order valence-corrected chi connectivity index (χ2v) is 7.09. The van der Waals surface area contributed by atoms with Gasteiger partial charge in [0.25, 0.3) is 0 Å². The molecule has 0 amide bonds. The van der Waals surface area contributed by atoms with Crippen LogP contribution in [-0.2, 0) is 16.6 Å². The summed E-state index contributed by atoms with van der Waals surface area (Å²) < 4.78 is 40.5. The van der Waals surface area contributed by atoms with Crippen LogP contribution in [0.5, 0.6) is 0 Å². The fourth-order valence-corrected chi connectivity index (χ4v) is 3.87. The first kappa shape index (κ1) is 15.0. The van der Waals surface area contributed by atoms with E-state index in [1.54, 1.807) is 6.07 Å². The highest BCUT2D eigenvalue weighted by atomic mass is 32.2. The summed E-state index contributed by atoms with van der Waals surface area (Å²) in [7, 11) is -3.89. The molecule has 20 heavy (non-hydrogen) atoms. The van der Waals surface area contributed by atoms with E-state index in [4.69, 9.17) is 18.0 Å². The van der Waals surface area contributed by atoms with Crippen molar-refractivity contribution in [1.82, 2.24) is 4.72 Å². The van der Waals surface area contributed by atoms with Crippen molar-refractivity contribution in [3.8, 4) is 0 Å². The van der Waals surface area contributed by atoms with Crippen molar-refractivity contribution in [2.45, 2.75) is 11.4 Å². The number of rotatable bonds is 5. The van der Waals surface area contributed by atoms with Crippen molar-refractivity contribution in [3.05, 3.63) is 52.0 Å². The fraction of sp³-hybridized carbons (Fsp3) is 0.0833. The second kappa shape index (κ2) is 5.96. The Morgan fingerprint density at radius 2 is 2.10 bits per heavy atom. The highest BCUT2D eigenvalue weighted by Crippen LogP contribution is 2.19. The van der Waals surface area contributed by atoms with Crippen LogP contribution in [0.15, 0.2) is 40.6 Å². The maximum absolute atomic E-state index is 13.7. The van der Waals surface area contributed by atoms with Gasteiger partial charge in [-0.1, -0.05) is 24.4 Å². The number of nitrogens with two attached hydrogens (primary N) is 1. The van der Waals surface area contributed by atoms with Crippen LogP contribution < -0.4 is 10.5 Å². The number of hydrogen-bond donors (Lipinski definition) is 2. The number of nitrogens with one attached hydrogen (secondary N) is 1. The summed E-state index contributed by atoms with van der Waals surface area (Å²) in [5, 5.41) is 1.84. The van der Waals surface area contributed by atoms with Crippen LogP contribution in [0.25, 0.3) is 0 Å². The lowest BCUT2D eigenvalue weighted by molar-refractivity contribution is 0.577. The van der Waals surface area contributed by atoms with Crippen LogP contribution in [-0.4, -0.2) is 13.4 Å². The molecular formula is C12H11FN2O2S3. The highest BCUT2D eigenvalue weighted by molar-refractivity contribution is 7.89. The van der Waals surface area contributed by atoms with E-state index in [2.05, 4.69) is 4.72 Å². The van der Waals surface area contributed by atoms with Gasteiger partial charge in [-0.05, 0) is 23.6 Å². The Kier molecular flexibility index (Phi) is 4.48. The lowest BCUT2D eigenvalue weighted by atomic mass is 10.2. The largest absolute Gasteiger partial charge is 0.389 e. The van der Waals surface area contributed by atoms with Crippen LogP contribution >= 0.6 is 23.6 Å². The summed E-state index contributed by atoms with van der Waals surface area (Å²) in [5.74, 6) is -0.753. The Hall–Kier alpha value is -1.35. The summed E-state index contributed by atoms with van der Waals surface area (Å²) in [6.07, 6.45) is 0. The average molecular weight is 330 g/mol. The third-order valence-electron chi connectivity index (χ3n) is 2.53. The Balaban J connectivity index is 2.34. The van der Waals surface area contributed by atoms with E-state index in [-0.39, 0.29) is 22.0 Å². The molecule has 0 aliphatic carbocycles. The molecule has 0 aliphatic rings. The molecule has 0 saturated carbocycles. The van der Waals surface area contributed by atoms with Crippen LogP contribution in [0, 0.1) is 5.82 Å². The Morgan fingerprint density at radius 3 is 2.70 bits per heavy atom. The SMILES string of the molecule is NC(=S)c1c(F)cccc1S(=O)(=O)NCc1cccs1. The molecule has 8 heteroatoms. The van der Waals surface area contributed by atoms with E-state index in [1.807, 2.05) is 11.4 Å². The molecule has 0 unspecified atom stereocenters. The molecule has 4 nitrogen and oxygen atoms in total. The first-order chi connectivity index (χ1) is 9.42. The molecule has 0 radical (unpaired) electrons. The van der Waals surface area contributed by atoms with Crippen molar-refractivity contribution in [2.24, 2.45) is 5.73 Å². The van der Waals surface area contributed by atoms with Gasteiger partial charge < -0.3 is 5.73 Å². The number of halogens is 1. The molecule has 1 aromatic heterocycles. The normalized spacial score (nSPS) is 11.4. The van der Waals surface area contributed by atoms with Crippen molar-refractivity contribution >= 4 is 38.6 Å². The van der Waals surface area contributed by atoms with Gasteiger partial charge in [0.15, 0.2) is 0 Å². The molecule has 0 spiro atoms. The van der Waals surface area contributed by atoms with Crippen molar-refractivity contribution in [1.29, 1.82) is 0 Å². The molecule has 0 aliphatic heterocycles. The first-order valence-corrected chi connectivity index (χ1v) is 8.29. The summed E-state index contributed by atoms with van der Waals surface area (Å²) in [5.41, 5.74) is 5.14. The van der Waals surface area contributed by atoms with E-state index in [9.17, 15) is 12.8 Å². The van der Waals surface area contributed by atoms with Crippen LogP contribution in [0.2, 0.25) is 0 Å². The summed E-state index contributed by atoms with van der Waals surface area (Å²) >= 11 is 6.14. The number of thiophene rings is 1. The van der Waals surface area contributed by atoms with Crippen LogP contribution in [0.3, 0.4) is 0 Å². The number of benzene rings is 1. The van der Waals surface area contributed by atoms with Gasteiger partial charge in [0, 0.05) is 11.4 Å². The fourth-order valence-electron chi connectivity index (χ4n) is 1.62. The topological polar surface area (TPSA) is 72.2 Å². The third-order valence-corrected chi connectivity index (χ3v) is 5.05. The molecule has 0 atom stereocenters. The molecule has 106 valence electrons. The zero-order valence-electron chi connectivity index (χ0n) is 10.2. The van der Waals surface area contributed by atoms with Crippen LogP contribution in [0.1, 0.15) is 10.4 Å². The minimum absolute atomic E-state index is 0.132. The van der Waals surface area contributed by atoms with E-state index >= 15 is 0 Å². The molecule has 2 aromatic rings. The third kappa shape index (κ3) is 3.21. The number of sulfonamides is 1. The molecule has 3 N–H and O–H groups in total. The minimum Gasteiger partial charge on any atom is -0.389 e.